The predicted octanol–water partition coefficient (Wildman–Crippen LogP) is 1.38. The molecule has 0 saturated carbocycles. The summed E-state index contributed by atoms with van der Waals surface area (Å²) in [4.78, 5) is 11.5. The lowest BCUT2D eigenvalue weighted by Gasteiger charge is -2.12. The fraction of sp³-hybridized carbons (Fsp3) is 0.700. The maximum Gasteiger partial charge on any atom is 0.161 e. The van der Waals surface area contributed by atoms with Gasteiger partial charge in [0.1, 0.15) is 0 Å². The third-order valence-corrected chi connectivity index (χ3v) is 2.15. The Morgan fingerprint density at radius 2 is 2.38 bits per heavy atom. The molecule has 0 unspecified atom stereocenters. The van der Waals surface area contributed by atoms with Crippen LogP contribution in [-0.2, 0) is 9.53 Å². The van der Waals surface area contributed by atoms with Crippen molar-refractivity contribution in [1.29, 1.82) is 0 Å². The lowest BCUT2D eigenvalue weighted by Crippen LogP contribution is -2.09. The van der Waals surface area contributed by atoms with E-state index in [2.05, 4.69) is 0 Å². The molecule has 0 saturated heterocycles. The summed E-state index contributed by atoms with van der Waals surface area (Å²) in [5.74, 6) is 0.230. The lowest BCUT2D eigenvalue weighted by molar-refractivity contribution is -0.116. The van der Waals surface area contributed by atoms with E-state index in [0.717, 1.165) is 37.9 Å². The molecule has 3 heteroatoms. The van der Waals surface area contributed by atoms with Gasteiger partial charge in [-0.25, -0.2) is 0 Å². The molecule has 1 aliphatic rings. The van der Waals surface area contributed by atoms with Crippen molar-refractivity contribution in [3.05, 3.63) is 11.8 Å². The number of allylic oxidation sites excluding steroid dienone is 1. The van der Waals surface area contributed by atoms with Crippen molar-refractivity contribution in [2.45, 2.75) is 32.1 Å². The topological polar surface area (TPSA) is 52.3 Å². The molecule has 0 amide bonds. The van der Waals surface area contributed by atoms with Crippen molar-refractivity contribution in [3.8, 4) is 0 Å². The van der Waals surface area contributed by atoms with Crippen LogP contribution in [0.3, 0.4) is 0 Å². The van der Waals surface area contributed by atoms with E-state index in [1.807, 2.05) is 0 Å². The quantitative estimate of drug-likeness (QED) is 0.655. The van der Waals surface area contributed by atoms with Gasteiger partial charge in [-0.15, -0.1) is 0 Å². The third-order valence-electron chi connectivity index (χ3n) is 2.15. The third kappa shape index (κ3) is 3.59. The summed E-state index contributed by atoms with van der Waals surface area (Å²) in [6.45, 7) is 1.42. The van der Waals surface area contributed by atoms with Crippen molar-refractivity contribution < 1.29 is 9.53 Å². The van der Waals surface area contributed by atoms with Gasteiger partial charge in [-0.2, -0.15) is 0 Å². The molecule has 0 bridgehead atoms. The van der Waals surface area contributed by atoms with Gasteiger partial charge in [0.25, 0.3) is 0 Å². The Kier molecular flexibility index (Phi) is 4.54. The first-order valence-corrected chi connectivity index (χ1v) is 4.88. The smallest absolute Gasteiger partial charge is 0.161 e. The molecule has 0 fully saturated rings. The Labute approximate surface area is 78.9 Å². The van der Waals surface area contributed by atoms with Gasteiger partial charge >= 0.3 is 0 Å². The number of rotatable bonds is 5. The van der Waals surface area contributed by atoms with Crippen LogP contribution in [0.1, 0.15) is 32.1 Å². The summed E-state index contributed by atoms with van der Waals surface area (Å²) in [6.07, 6.45) is 5.91. The summed E-state index contributed by atoms with van der Waals surface area (Å²) in [5, 5.41) is 0. The number of ether oxygens (including phenoxy) is 1. The second-order valence-corrected chi connectivity index (χ2v) is 3.29. The number of Topliss-reactive ketones (excluding diaryl/α,β-unsaturated/α-hetero) is 1. The zero-order valence-corrected chi connectivity index (χ0v) is 7.92. The van der Waals surface area contributed by atoms with Crippen molar-refractivity contribution in [2.24, 2.45) is 5.73 Å². The lowest BCUT2D eigenvalue weighted by atomic mass is 10.0. The zero-order valence-electron chi connectivity index (χ0n) is 7.92. The van der Waals surface area contributed by atoms with Crippen LogP contribution in [-0.4, -0.2) is 18.9 Å². The fourth-order valence-electron chi connectivity index (χ4n) is 1.36. The predicted molar refractivity (Wildman–Crippen MR) is 51.2 cm³/mol. The Hall–Kier alpha value is -0.830. The number of hydrogen-bond donors (Lipinski definition) is 1. The number of unbranched alkanes of at least 4 members (excludes halogenated alkanes) is 1. The Morgan fingerprint density at radius 1 is 1.54 bits per heavy atom. The number of nitrogens with two attached hydrogens (primary N) is 1. The monoisotopic (exact) mass is 183 g/mol. The van der Waals surface area contributed by atoms with Crippen LogP contribution in [0.25, 0.3) is 0 Å². The number of carbonyl (C=O) groups excluding carboxylic acids is 1. The Morgan fingerprint density at radius 3 is 3.00 bits per heavy atom. The molecule has 0 aromatic heterocycles. The molecule has 1 heterocycles. The van der Waals surface area contributed by atoms with E-state index in [1.54, 1.807) is 6.26 Å². The van der Waals surface area contributed by atoms with Crippen LogP contribution in [0.5, 0.6) is 0 Å². The largest absolute Gasteiger partial charge is 0.501 e. The van der Waals surface area contributed by atoms with Crippen molar-refractivity contribution in [3.63, 3.8) is 0 Å². The average Bonchev–Trinajstić information content (AvgIpc) is 2.19. The van der Waals surface area contributed by atoms with Gasteiger partial charge in [0.05, 0.1) is 12.9 Å². The van der Waals surface area contributed by atoms with Crippen molar-refractivity contribution in [2.75, 3.05) is 13.2 Å². The van der Waals surface area contributed by atoms with E-state index in [0.29, 0.717) is 13.0 Å². The Bertz CT molecular complexity index is 199. The van der Waals surface area contributed by atoms with Gasteiger partial charge < -0.3 is 10.5 Å². The van der Waals surface area contributed by atoms with Gasteiger partial charge in [0.2, 0.25) is 0 Å². The first-order valence-electron chi connectivity index (χ1n) is 4.88. The summed E-state index contributed by atoms with van der Waals surface area (Å²) < 4.78 is 5.10. The normalized spacial score (nSPS) is 16.2. The molecule has 1 rings (SSSR count). The van der Waals surface area contributed by atoms with E-state index in [9.17, 15) is 4.79 Å². The van der Waals surface area contributed by atoms with Crippen molar-refractivity contribution in [1.82, 2.24) is 0 Å². The molecule has 0 radical (unpaired) electrons. The van der Waals surface area contributed by atoms with Crippen LogP contribution in [0.4, 0.5) is 0 Å². The van der Waals surface area contributed by atoms with E-state index in [-0.39, 0.29) is 5.78 Å². The molecule has 0 aromatic rings. The molecule has 74 valence electrons. The van der Waals surface area contributed by atoms with Crippen LogP contribution >= 0.6 is 0 Å². The van der Waals surface area contributed by atoms with E-state index in [4.69, 9.17) is 10.5 Å². The molecule has 1 aliphatic heterocycles. The molecule has 0 aromatic carbocycles. The van der Waals surface area contributed by atoms with Gasteiger partial charge in [-0.3, -0.25) is 4.79 Å². The van der Waals surface area contributed by atoms with Gasteiger partial charge in [0.15, 0.2) is 5.78 Å². The summed E-state index contributed by atoms with van der Waals surface area (Å²) >= 11 is 0. The zero-order chi connectivity index (χ0) is 9.52. The molecular formula is C10H17NO2. The minimum atomic E-state index is 0.230. The first kappa shape index (κ1) is 10.3. The molecule has 0 aliphatic carbocycles. The molecule has 13 heavy (non-hydrogen) atoms. The number of ketones is 1. The van der Waals surface area contributed by atoms with E-state index < -0.39 is 0 Å². The van der Waals surface area contributed by atoms with Crippen LogP contribution in [0.15, 0.2) is 11.8 Å². The summed E-state index contributed by atoms with van der Waals surface area (Å²) in [6, 6.07) is 0. The Balaban J connectivity index is 2.25. The van der Waals surface area contributed by atoms with Gasteiger partial charge in [-0.1, -0.05) is 0 Å². The van der Waals surface area contributed by atoms with Crippen LogP contribution < -0.4 is 5.73 Å². The second kappa shape index (κ2) is 5.75. The maximum absolute atomic E-state index is 11.5. The average molecular weight is 183 g/mol. The fourth-order valence-corrected chi connectivity index (χ4v) is 1.36. The molecule has 3 nitrogen and oxygen atoms in total. The van der Waals surface area contributed by atoms with E-state index in [1.165, 1.54) is 0 Å². The number of carbonyl (C=O) groups is 1. The SMILES string of the molecule is NCCCCC(=O)C1=COCCC1. The summed E-state index contributed by atoms with van der Waals surface area (Å²) in [7, 11) is 0. The number of hydrogen-bond acceptors (Lipinski definition) is 3. The molecular weight excluding hydrogens is 166 g/mol. The van der Waals surface area contributed by atoms with Gasteiger partial charge in [0, 0.05) is 12.0 Å². The minimum Gasteiger partial charge on any atom is -0.501 e. The second-order valence-electron chi connectivity index (χ2n) is 3.29. The highest BCUT2D eigenvalue weighted by Gasteiger charge is 2.12. The summed E-state index contributed by atoms with van der Waals surface area (Å²) in [5.41, 5.74) is 6.19. The van der Waals surface area contributed by atoms with Crippen LogP contribution in [0, 0.1) is 0 Å². The van der Waals surface area contributed by atoms with Gasteiger partial charge in [-0.05, 0) is 32.2 Å². The standard InChI is InChI=1S/C10H17NO2/c11-6-2-1-5-10(12)9-4-3-7-13-8-9/h8H,1-7,11H2. The maximum atomic E-state index is 11.5. The highest BCUT2D eigenvalue weighted by molar-refractivity contribution is 5.95. The molecule has 0 atom stereocenters. The van der Waals surface area contributed by atoms with Crippen molar-refractivity contribution >= 4 is 5.78 Å². The molecule has 0 spiro atoms. The van der Waals surface area contributed by atoms with Crippen LogP contribution in [0.2, 0.25) is 0 Å². The van der Waals surface area contributed by atoms with E-state index >= 15 is 0 Å². The minimum absolute atomic E-state index is 0.230. The molecule has 2 N–H and O–H groups in total. The first-order chi connectivity index (χ1) is 6.34. The highest BCUT2D eigenvalue weighted by atomic mass is 16.5. The highest BCUT2D eigenvalue weighted by Crippen LogP contribution is 2.15.